The monoisotopic (exact) mass is 236 g/mol. The zero-order valence-corrected chi connectivity index (χ0v) is 10.9. The van der Waals surface area contributed by atoms with E-state index in [0.29, 0.717) is 0 Å². The summed E-state index contributed by atoms with van der Waals surface area (Å²) in [5.41, 5.74) is 1.22. The smallest absolute Gasteiger partial charge is 0.0585 e. The fraction of sp³-hybridized carbons (Fsp3) is 0.571. The first kappa shape index (κ1) is 14.0. The summed E-state index contributed by atoms with van der Waals surface area (Å²) in [4.78, 5) is 2.22. The van der Waals surface area contributed by atoms with Crippen LogP contribution in [0.5, 0.6) is 0 Å². The average molecular weight is 236 g/mol. The molecule has 0 aliphatic rings. The van der Waals surface area contributed by atoms with Crippen molar-refractivity contribution >= 4 is 5.69 Å². The van der Waals surface area contributed by atoms with Gasteiger partial charge in [0.05, 0.1) is 6.61 Å². The Morgan fingerprint density at radius 1 is 1.29 bits per heavy atom. The van der Waals surface area contributed by atoms with Gasteiger partial charge in [0.1, 0.15) is 0 Å². The predicted molar refractivity (Wildman–Crippen MR) is 73.5 cm³/mol. The molecule has 1 rings (SSSR count). The second-order valence-corrected chi connectivity index (χ2v) is 4.38. The molecular weight excluding hydrogens is 212 g/mol. The number of anilines is 1. The highest BCUT2D eigenvalue weighted by molar-refractivity contribution is 5.44. The van der Waals surface area contributed by atoms with Crippen LogP contribution in [-0.2, 0) is 0 Å². The van der Waals surface area contributed by atoms with Gasteiger partial charge in [-0.15, -0.1) is 0 Å². The van der Waals surface area contributed by atoms with Gasteiger partial charge in [0, 0.05) is 25.3 Å². The molecule has 1 aromatic rings. The Morgan fingerprint density at radius 2 is 2.00 bits per heavy atom. The van der Waals surface area contributed by atoms with Crippen molar-refractivity contribution in [2.24, 2.45) is 0 Å². The van der Waals surface area contributed by atoms with Crippen molar-refractivity contribution in [2.75, 3.05) is 31.6 Å². The number of nitrogens with one attached hydrogen (secondary N) is 1. The lowest BCUT2D eigenvalue weighted by molar-refractivity contribution is 0.237. The minimum Gasteiger partial charge on any atom is -0.395 e. The van der Waals surface area contributed by atoms with Crippen LogP contribution in [0.1, 0.15) is 19.8 Å². The van der Waals surface area contributed by atoms with E-state index >= 15 is 0 Å². The quantitative estimate of drug-likeness (QED) is 0.723. The third-order valence-electron chi connectivity index (χ3n) is 2.91. The van der Waals surface area contributed by atoms with Gasteiger partial charge in [0.2, 0.25) is 0 Å². The van der Waals surface area contributed by atoms with Crippen molar-refractivity contribution in [3.8, 4) is 0 Å². The van der Waals surface area contributed by atoms with Gasteiger partial charge in [-0.1, -0.05) is 25.1 Å². The van der Waals surface area contributed by atoms with Gasteiger partial charge in [-0.25, -0.2) is 0 Å². The van der Waals surface area contributed by atoms with E-state index in [1.807, 2.05) is 18.2 Å². The number of hydrogen-bond acceptors (Lipinski definition) is 3. The molecule has 1 unspecified atom stereocenters. The van der Waals surface area contributed by atoms with E-state index in [4.69, 9.17) is 0 Å². The highest BCUT2D eigenvalue weighted by Crippen LogP contribution is 2.11. The number of nitrogens with zero attached hydrogens (tertiary/aromatic N) is 1. The normalized spacial score (nSPS) is 12.4. The van der Waals surface area contributed by atoms with Crippen LogP contribution in [0.4, 0.5) is 5.69 Å². The van der Waals surface area contributed by atoms with Crippen molar-refractivity contribution in [1.82, 2.24) is 5.32 Å². The molecule has 3 nitrogen and oxygen atoms in total. The summed E-state index contributed by atoms with van der Waals surface area (Å²) in [7, 11) is 2.09. The molecule has 1 aromatic carbocycles. The van der Waals surface area contributed by atoms with Crippen LogP contribution in [0.3, 0.4) is 0 Å². The molecule has 0 aliphatic heterocycles. The third kappa shape index (κ3) is 5.20. The Bertz CT molecular complexity index is 290. The molecule has 0 amide bonds. The summed E-state index contributed by atoms with van der Waals surface area (Å²) in [5.74, 6) is 0. The molecule has 0 saturated carbocycles. The third-order valence-corrected chi connectivity index (χ3v) is 2.91. The van der Waals surface area contributed by atoms with Crippen LogP contribution in [0.2, 0.25) is 0 Å². The zero-order valence-electron chi connectivity index (χ0n) is 10.9. The maximum atomic E-state index is 9.26. The summed E-state index contributed by atoms with van der Waals surface area (Å²) in [5, 5.41) is 12.6. The first-order chi connectivity index (χ1) is 8.27. The van der Waals surface area contributed by atoms with Gasteiger partial charge in [-0.05, 0) is 31.5 Å². The van der Waals surface area contributed by atoms with Gasteiger partial charge in [-0.3, -0.25) is 0 Å². The topological polar surface area (TPSA) is 35.5 Å². The number of aliphatic hydroxyl groups is 1. The summed E-state index contributed by atoms with van der Waals surface area (Å²) in [6.45, 7) is 4.27. The number of para-hydroxylation sites is 1. The van der Waals surface area contributed by atoms with Crippen molar-refractivity contribution in [1.29, 1.82) is 0 Å². The summed E-state index contributed by atoms with van der Waals surface area (Å²) >= 11 is 0. The van der Waals surface area contributed by atoms with Crippen molar-refractivity contribution in [3.05, 3.63) is 30.3 Å². The molecule has 2 N–H and O–H groups in total. The van der Waals surface area contributed by atoms with Crippen molar-refractivity contribution in [2.45, 2.75) is 25.8 Å². The van der Waals surface area contributed by atoms with Crippen LogP contribution in [0.15, 0.2) is 30.3 Å². The lowest BCUT2D eigenvalue weighted by atomic mass is 10.2. The van der Waals surface area contributed by atoms with Crippen molar-refractivity contribution < 1.29 is 5.11 Å². The molecule has 96 valence electrons. The van der Waals surface area contributed by atoms with E-state index in [1.54, 1.807) is 0 Å². The fourth-order valence-corrected chi connectivity index (χ4v) is 1.77. The summed E-state index contributed by atoms with van der Waals surface area (Å²) in [6.07, 6.45) is 2.06. The molecule has 0 aliphatic carbocycles. The number of hydrogen-bond donors (Lipinski definition) is 2. The lowest BCUT2D eigenvalue weighted by Crippen LogP contribution is -2.36. The minimum absolute atomic E-state index is 0.209. The van der Waals surface area contributed by atoms with E-state index < -0.39 is 0 Å². The van der Waals surface area contributed by atoms with E-state index in [1.165, 1.54) is 5.69 Å². The molecule has 0 spiro atoms. The van der Waals surface area contributed by atoms with Gasteiger partial charge in [0.25, 0.3) is 0 Å². The molecular formula is C14H24N2O. The van der Waals surface area contributed by atoms with Crippen LogP contribution < -0.4 is 10.2 Å². The Balaban J connectivity index is 2.33. The number of rotatable bonds is 8. The maximum absolute atomic E-state index is 9.26. The Morgan fingerprint density at radius 3 is 2.59 bits per heavy atom. The van der Waals surface area contributed by atoms with Gasteiger partial charge in [-0.2, -0.15) is 0 Å². The first-order valence-corrected chi connectivity index (χ1v) is 6.38. The Hall–Kier alpha value is -1.06. The molecule has 0 aromatic heterocycles. The summed E-state index contributed by atoms with van der Waals surface area (Å²) < 4.78 is 0. The molecule has 1 atom stereocenters. The Labute approximate surface area is 104 Å². The predicted octanol–water partition coefficient (Wildman–Crippen LogP) is 1.87. The van der Waals surface area contributed by atoms with Crippen molar-refractivity contribution in [3.63, 3.8) is 0 Å². The molecule has 0 saturated heterocycles. The second kappa shape index (κ2) is 8.09. The zero-order chi connectivity index (χ0) is 12.5. The fourth-order valence-electron chi connectivity index (χ4n) is 1.77. The molecule has 3 heteroatoms. The van der Waals surface area contributed by atoms with Crippen LogP contribution in [0, 0.1) is 0 Å². The largest absolute Gasteiger partial charge is 0.395 e. The highest BCUT2D eigenvalue weighted by atomic mass is 16.3. The van der Waals surface area contributed by atoms with E-state index in [-0.39, 0.29) is 12.6 Å². The maximum Gasteiger partial charge on any atom is 0.0585 e. The highest BCUT2D eigenvalue weighted by Gasteiger charge is 2.07. The molecule has 0 radical (unpaired) electrons. The minimum atomic E-state index is 0.209. The molecule has 0 bridgehead atoms. The summed E-state index contributed by atoms with van der Waals surface area (Å²) in [6, 6.07) is 10.5. The molecule has 0 heterocycles. The van der Waals surface area contributed by atoms with E-state index in [9.17, 15) is 5.11 Å². The van der Waals surface area contributed by atoms with Crippen LogP contribution in [-0.4, -0.2) is 37.9 Å². The average Bonchev–Trinajstić information content (AvgIpc) is 2.39. The van der Waals surface area contributed by atoms with Crippen LogP contribution in [0.25, 0.3) is 0 Å². The molecule has 0 fully saturated rings. The first-order valence-electron chi connectivity index (χ1n) is 6.38. The second-order valence-electron chi connectivity index (χ2n) is 4.38. The number of benzene rings is 1. The standard InChI is InChI=1S/C14H24N2O/c1-3-10-15-13(12-17)9-11-16(2)14-7-5-4-6-8-14/h4-8,13,15,17H,3,9-12H2,1-2H3. The van der Waals surface area contributed by atoms with Gasteiger partial charge >= 0.3 is 0 Å². The SMILES string of the molecule is CCCNC(CO)CCN(C)c1ccccc1. The van der Waals surface area contributed by atoms with Crippen LogP contribution >= 0.6 is 0 Å². The van der Waals surface area contributed by atoms with Gasteiger partial charge < -0.3 is 15.3 Å². The van der Waals surface area contributed by atoms with Gasteiger partial charge in [0.15, 0.2) is 0 Å². The van der Waals surface area contributed by atoms with E-state index in [2.05, 4.69) is 36.3 Å². The number of aliphatic hydroxyl groups excluding tert-OH is 1. The van der Waals surface area contributed by atoms with E-state index in [0.717, 1.165) is 25.9 Å². The molecule has 17 heavy (non-hydrogen) atoms. The lowest BCUT2D eigenvalue weighted by Gasteiger charge is -2.23. The Kier molecular flexibility index (Phi) is 6.67.